The number of benzene rings is 2. The molecule has 1 heterocycles. The Labute approximate surface area is 144 Å². The van der Waals surface area contributed by atoms with Gasteiger partial charge in [-0.3, -0.25) is 0 Å². The number of rotatable bonds is 5. The lowest BCUT2D eigenvalue weighted by Crippen LogP contribution is -2.29. The van der Waals surface area contributed by atoms with Crippen molar-refractivity contribution < 1.29 is 10.0 Å². The molecule has 0 atom stereocenters. The van der Waals surface area contributed by atoms with Gasteiger partial charge in [-0.15, -0.1) is 10.2 Å². The summed E-state index contributed by atoms with van der Waals surface area (Å²) in [5, 5.41) is 27.5. The maximum Gasteiger partial charge on any atom is 0.488 e. The normalized spacial score (nSPS) is 10.8. The first-order valence-corrected chi connectivity index (χ1v) is 8.36. The summed E-state index contributed by atoms with van der Waals surface area (Å²) in [7, 11) is 0.493. The Bertz CT molecular complexity index is 819. The molecule has 0 aliphatic carbocycles. The van der Waals surface area contributed by atoms with Crippen LogP contribution >= 0.6 is 11.8 Å². The van der Waals surface area contributed by atoms with Crippen molar-refractivity contribution in [2.75, 3.05) is 5.73 Å². The number of hydrogen-bond donors (Lipinski definition) is 3. The van der Waals surface area contributed by atoms with Crippen LogP contribution in [-0.4, -0.2) is 31.9 Å². The minimum atomic E-state index is -1.44. The molecule has 0 aliphatic heterocycles. The molecule has 3 aromatic rings. The van der Waals surface area contributed by atoms with Crippen molar-refractivity contribution in [1.82, 2.24) is 14.8 Å². The van der Waals surface area contributed by atoms with E-state index in [-0.39, 0.29) is 0 Å². The van der Waals surface area contributed by atoms with Gasteiger partial charge < -0.3 is 20.3 Å². The second-order valence-corrected chi connectivity index (χ2v) is 6.33. The zero-order chi connectivity index (χ0) is 17.1. The van der Waals surface area contributed by atoms with E-state index in [1.807, 2.05) is 48.0 Å². The summed E-state index contributed by atoms with van der Waals surface area (Å²) >= 11 is 1.57. The van der Waals surface area contributed by atoms with Gasteiger partial charge in [0.05, 0.1) is 0 Å². The Morgan fingerprint density at radius 1 is 1.04 bits per heavy atom. The van der Waals surface area contributed by atoms with Crippen LogP contribution in [0.2, 0.25) is 0 Å². The third-order valence-corrected chi connectivity index (χ3v) is 4.74. The van der Waals surface area contributed by atoms with Gasteiger partial charge in [0.1, 0.15) is 0 Å². The first kappa shape index (κ1) is 16.6. The monoisotopic (exact) mass is 340 g/mol. The molecule has 4 N–H and O–H groups in total. The summed E-state index contributed by atoms with van der Waals surface area (Å²) in [6.45, 7) is 0. The van der Waals surface area contributed by atoms with Crippen LogP contribution < -0.4 is 11.2 Å². The van der Waals surface area contributed by atoms with Gasteiger partial charge in [0.25, 0.3) is 0 Å². The van der Waals surface area contributed by atoms with Crippen LogP contribution in [0.5, 0.6) is 0 Å². The highest BCUT2D eigenvalue weighted by Crippen LogP contribution is 2.25. The smallest absolute Gasteiger partial charge is 0.423 e. The van der Waals surface area contributed by atoms with Gasteiger partial charge >= 0.3 is 7.12 Å². The van der Waals surface area contributed by atoms with Crippen molar-refractivity contribution in [3.8, 4) is 11.4 Å². The van der Waals surface area contributed by atoms with Gasteiger partial charge in [-0.2, -0.15) is 0 Å². The summed E-state index contributed by atoms with van der Waals surface area (Å²) in [6, 6.07) is 14.7. The predicted molar refractivity (Wildman–Crippen MR) is 96.7 cm³/mol. The van der Waals surface area contributed by atoms with Crippen LogP contribution in [0, 0.1) is 0 Å². The average Bonchev–Trinajstić information content (AvgIpc) is 2.95. The number of nitrogens with zero attached hydrogens (tertiary/aromatic N) is 3. The SMILES string of the molecule is Cn1c(SCc2ccc(B(O)O)cc2)nnc1-c1ccc(N)cc1. The topological polar surface area (TPSA) is 97.2 Å². The fourth-order valence-corrected chi connectivity index (χ4v) is 3.12. The molecule has 0 amide bonds. The number of anilines is 1. The van der Waals surface area contributed by atoms with Gasteiger partial charge in [-0.1, -0.05) is 36.0 Å². The van der Waals surface area contributed by atoms with Crippen LogP contribution in [0.15, 0.2) is 53.7 Å². The van der Waals surface area contributed by atoms with Gasteiger partial charge in [0, 0.05) is 24.1 Å². The summed E-state index contributed by atoms with van der Waals surface area (Å²) in [5.41, 5.74) is 8.94. The van der Waals surface area contributed by atoms with Crippen molar-refractivity contribution in [2.24, 2.45) is 7.05 Å². The molecule has 0 radical (unpaired) electrons. The van der Waals surface area contributed by atoms with E-state index in [1.54, 1.807) is 23.9 Å². The lowest BCUT2D eigenvalue weighted by molar-refractivity contribution is 0.426. The molecule has 0 bridgehead atoms. The summed E-state index contributed by atoms with van der Waals surface area (Å²) < 4.78 is 1.95. The van der Waals surface area contributed by atoms with Crippen LogP contribution in [-0.2, 0) is 12.8 Å². The molecule has 0 saturated carbocycles. The lowest BCUT2D eigenvalue weighted by Gasteiger charge is -2.05. The molecule has 0 spiro atoms. The largest absolute Gasteiger partial charge is 0.488 e. The zero-order valence-corrected chi connectivity index (χ0v) is 13.9. The Kier molecular flexibility index (Phi) is 4.89. The van der Waals surface area contributed by atoms with E-state index >= 15 is 0 Å². The van der Waals surface area contributed by atoms with Crippen LogP contribution in [0.3, 0.4) is 0 Å². The van der Waals surface area contributed by atoms with E-state index in [4.69, 9.17) is 15.8 Å². The highest BCUT2D eigenvalue weighted by molar-refractivity contribution is 7.98. The Morgan fingerprint density at radius 2 is 1.71 bits per heavy atom. The highest BCUT2D eigenvalue weighted by Gasteiger charge is 2.12. The van der Waals surface area contributed by atoms with E-state index in [0.29, 0.717) is 11.2 Å². The molecular weight excluding hydrogens is 323 g/mol. The standard InChI is InChI=1S/C16H17BN4O2S/c1-21-15(12-4-8-14(18)9-5-12)19-20-16(21)24-10-11-2-6-13(7-3-11)17(22)23/h2-9,22-23H,10,18H2,1H3. The van der Waals surface area contributed by atoms with E-state index in [1.165, 1.54) is 0 Å². The number of aromatic nitrogens is 3. The van der Waals surface area contributed by atoms with Gasteiger partial charge in [-0.25, -0.2) is 0 Å². The number of nitrogen functional groups attached to an aromatic ring is 1. The predicted octanol–water partition coefficient (Wildman–Crippen LogP) is 1.04. The zero-order valence-electron chi connectivity index (χ0n) is 13.1. The molecule has 122 valence electrons. The van der Waals surface area contributed by atoms with Crippen LogP contribution in [0.1, 0.15) is 5.56 Å². The molecule has 24 heavy (non-hydrogen) atoms. The quantitative estimate of drug-likeness (QED) is 0.365. The number of nitrogens with two attached hydrogens (primary N) is 1. The number of hydrogen-bond acceptors (Lipinski definition) is 6. The lowest BCUT2D eigenvalue weighted by atomic mass is 9.80. The molecular formula is C16H17BN4O2S. The molecule has 2 aromatic carbocycles. The molecule has 0 fully saturated rings. The molecule has 1 aromatic heterocycles. The minimum absolute atomic E-state index is 0.480. The summed E-state index contributed by atoms with van der Waals surface area (Å²) in [6.07, 6.45) is 0. The maximum atomic E-state index is 9.11. The van der Waals surface area contributed by atoms with Gasteiger partial charge in [-0.05, 0) is 35.3 Å². The van der Waals surface area contributed by atoms with Crippen molar-refractivity contribution in [3.63, 3.8) is 0 Å². The number of thioether (sulfide) groups is 1. The summed E-state index contributed by atoms with van der Waals surface area (Å²) in [5.74, 6) is 1.51. The molecule has 8 heteroatoms. The van der Waals surface area contributed by atoms with Gasteiger partial charge in [0.15, 0.2) is 11.0 Å². The van der Waals surface area contributed by atoms with E-state index < -0.39 is 7.12 Å². The molecule has 3 rings (SSSR count). The first-order chi connectivity index (χ1) is 11.5. The van der Waals surface area contributed by atoms with Crippen molar-refractivity contribution in [3.05, 3.63) is 54.1 Å². The van der Waals surface area contributed by atoms with E-state index in [9.17, 15) is 0 Å². The molecule has 0 aliphatic rings. The van der Waals surface area contributed by atoms with Crippen LogP contribution in [0.4, 0.5) is 5.69 Å². The second kappa shape index (κ2) is 7.08. The van der Waals surface area contributed by atoms with E-state index in [2.05, 4.69) is 10.2 Å². The van der Waals surface area contributed by atoms with Gasteiger partial charge in [0.2, 0.25) is 0 Å². The van der Waals surface area contributed by atoms with Crippen LogP contribution in [0.25, 0.3) is 11.4 Å². The average molecular weight is 340 g/mol. The van der Waals surface area contributed by atoms with Crippen molar-refractivity contribution >= 4 is 30.0 Å². The Morgan fingerprint density at radius 3 is 2.33 bits per heavy atom. The van der Waals surface area contributed by atoms with E-state index in [0.717, 1.165) is 27.9 Å². The maximum absolute atomic E-state index is 9.11. The molecule has 0 saturated heterocycles. The fourth-order valence-electron chi connectivity index (χ4n) is 2.26. The highest BCUT2D eigenvalue weighted by atomic mass is 32.2. The molecule has 0 unspecified atom stereocenters. The fraction of sp³-hybridized carbons (Fsp3) is 0.125. The second-order valence-electron chi connectivity index (χ2n) is 5.39. The third-order valence-electron chi connectivity index (χ3n) is 3.65. The minimum Gasteiger partial charge on any atom is -0.423 e. The van der Waals surface area contributed by atoms with Crippen molar-refractivity contribution in [2.45, 2.75) is 10.9 Å². The van der Waals surface area contributed by atoms with Crippen molar-refractivity contribution in [1.29, 1.82) is 0 Å². The summed E-state index contributed by atoms with van der Waals surface area (Å²) in [4.78, 5) is 0. The Balaban J connectivity index is 1.71. The first-order valence-electron chi connectivity index (χ1n) is 7.37. The Hall–Kier alpha value is -2.29. The molecule has 6 nitrogen and oxygen atoms in total. The third kappa shape index (κ3) is 3.61.